The average Bonchev–Trinajstić information content (AvgIpc) is 2.41. The van der Waals surface area contributed by atoms with Crippen LogP contribution < -0.4 is 11.1 Å². The zero-order chi connectivity index (χ0) is 11.9. The lowest BCUT2D eigenvalue weighted by atomic mass is 9.89. The summed E-state index contributed by atoms with van der Waals surface area (Å²) in [5.74, 6) is 0.701. The number of nitrogens with zero attached hydrogens (tertiary/aromatic N) is 1. The Morgan fingerprint density at radius 2 is 1.94 bits per heavy atom. The van der Waals surface area contributed by atoms with Gasteiger partial charge in [-0.1, -0.05) is 0 Å². The minimum Gasteiger partial charge on any atom is -0.381 e. The molecule has 2 aliphatic heterocycles. The third-order valence-corrected chi connectivity index (χ3v) is 4.09. The number of piperazine rings is 1. The van der Waals surface area contributed by atoms with E-state index < -0.39 is 0 Å². The minimum atomic E-state index is 0.391. The fraction of sp³-hybridized carbons (Fsp3) is 1.00. The molecule has 2 rings (SSSR count). The van der Waals surface area contributed by atoms with Gasteiger partial charge in [0.2, 0.25) is 0 Å². The zero-order valence-corrected chi connectivity index (χ0v) is 10.9. The lowest BCUT2D eigenvalue weighted by Gasteiger charge is -2.30. The smallest absolute Gasteiger partial charge is 0.0469 e. The van der Waals surface area contributed by atoms with Gasteiger partial charge in [0.25, 0.3) is 0 Å². The lowest BCUT2D eigenvalue weighted by molar-refractivity contribution is 0.0569. The summed E-state index contributed by atoms with van der Waals surface area (Å²) in [5, 5.41) is 3.39. The van der Waals surface area contributed by atoms with Gasteiger partial charge in [-0.3, -0.25) is 0 Å². The third kappa shape index (κ3) is 4.54. The first-order valence-electron chi connectivity index (χ1n) is 7.12. The Labute approximate surface area is 105 Å². The molecule has 2 aliphatic rings. The van der Waals surface area contributed by atoms with Gasteiger partial charge >= 0.3 is 0 Å². The Bertz CT molecular complexity index is 201. The van der Waals surface area contributed by atoms with Crippen LogP contribution in [0.1, 0.15) is 25.7 Å². The van der Waals surface area contributed by atoms with E-state index in [2.05, 4.69) is 10.2 Å². The highest BCUT2D eigenvalue weighted by atomic mass is 16.5. The van der Waals surface area contributed by atoms with E-state index in [1.165, 1.54) is 32.5 Å². The van der Waals surface area contributed by atoms with Crippen molar-refractivity contribution in [3.63, 3.8) is 0 Å². The van der Waals surface area contributed by atoms with E-state index in [1.54, 1.807) is 0 Å². The van der Waals surface area contributed by atoms with E-state index in [0.717, 1.165) is 39.1 Å². The van der Waals surface area contributed by atoms with Crippen molar-refractivity contribution >= 4 is 0 Å². The Hall–Kier alpha value is -0.160. The Balaban J connectivity index is 1.57. The number of nitrogens with two attached hydrogens (primary N) is 1. The molecule has 0 aliphatic carbocycles. The molecule has 0 amide bonds. The Morgan fingerprint density at radius 3 is 2.65 bits per heavy atom. The number of hydrogen-bond acceptors (Lipinski definition) is 4. The molecule has 1 unspecified atom stereocenters. The van der Waals surface area contributed by atoms with Gasteiger partial charge in [-0.25, -0.2) is 0 Å². The maximum absolute atomic E-state index is 6.28. The highest BCUT2D eigenvalue weighted by Crippen LogP contribution is 2.20. The van der Waals surface area contributed by atoms with Gasteiger partial charge in [-0.2, -0.15) is 0 Å². The van der Waals surface area contributed by atoms with Crippen molar-refractivity contribution in [1.82, 2.24) is 10.2 Å². The molecule has 2 saturated heterocycles. The van der Waals surface area contributed by atoms with Crippen LogP contribution in [-0.2, 0) is 4.74 Å². The molecule has 0 aromatic rings. The van der Waals surface area contributed by atoms with Crippen LogP contribution in [0.4, 0.5) is 0 Å². The van der Waals surface area contributed by atoms with Crippen molar-refractivity contribution in [2.24, 2.45) is 11.7 Å². The summed E-state index contributed by atoms with van der Waals surface area (Å²) in [6, 6.07) is 0.391. The first-order chi connectivity index (χ1) is 8.36. The molecule has 2 heterocycles. The molecule has 0 aromatic carbocycles. The molecule has 0 radical (unpaired) electrons. The van der Waals surface area contributed by atoms with Crippen molar-refractivity contribution in [2.75, 3.05) is 45.9 Å². The average molecular weight is 241 g/mol. The summed E-state index contributed by atoms with van der Waals surface area (Å²) in [4.78, 5) is 2.55. The highest BCUT2D eigenvalue weighted by molar-refractivity contribution is 4.76. The van der Waals surface area contributed by atoms with Gasteiger partial charge in [-0.15, -0.1) is 0 Å². The van der Waals surface area contributed by atoms with Crippen LogP contribution in [-0.4, -0.2) is 56.9 Å². The molecule has 100 valence electrons. The van der Waals surface area contributed by atoms with Gasteiger partial charge in [0, 0.05) is 45.4 Å². The van der Waals surface area contributed by atoms with Gasteiger partial charge < -0.3 is 20.7 Å². The maximum atomic E-state index is 6.28. The van der Waals surface area contributed by atoms with Gasteiger partial charge in [0.15, 0.2) is 0 Å². The van der Waals surface area contributed by atoms with Gasteiger partial charge in [0.1, 0.15) is 0 Å². The SMILES string of the molecule is NC(CCCN1CCNCC1)C1CCOCC1. The molecule has 1 atom stereocenters. The quantitative estimate of drug-likeness (QED) is 0.733. The molecule has 0 spiro atoms. The van der Waals surface area contributed by atoms with E-state index in [4.69, 9.17) is 10.5 Å². The van der Waals surface area contributed by atoms with Crippen molar-refractivity contribution in [3.05, 3.63) is 0 Å². The summed E-state index contributed by atoms with van der Waals surface area (Å²) >= 11 is 0. The molecule has 4 nitrogen and oxygen atoms in total. The van der Waals surface area contributed by atoms with Crippen LogP contribution in [0.2, 0.25) is 0 Å². The molecular weight excluding hydrogens is 214 g/mol. The Morgan fingerprint density at radius 1 is 1.24 bits per heavy atom. The van der Waals surface area contributed by atoms with E-state index >= 15 is 0 Å². The predicted octanol–water partition coefficient (Wildman–Crippen LogP) is 0.426. The van der Waals surface area contributed by atoms with Gasteiger partial charge in [-0.05, 0) is 38.1 Å². The van der Waals surface area contributed by atoms with E-state index in [1.807, 2.05) is 0 Å². The Kier molecular flexibility index (Phi) is 5.71. The van der Waals surface area contributed by atoms with Crippen LogP contribution >= 0.6 is 0 Å². The summed E-state index contributed by atoms with van der Waals surface area (Å²) in [6.45, 7) is 7.74. The van der Waals surface area contributed by atoms with Crippen molar-refractivity contribution in [1.29, 1.82) is 0 Å². The molecular formula is C13H27N3O. The number of rotatable bonds is 5. The summed E-state index contributed by atoms with van der Waals surface area (Å²) in [6.07, 6.45) is 4.75. The summed E-state index contributed by atoms with van der Waals surface area (Å²) < 4.78 is 5.38. The number of hydrogen-bond donors (Lipinski definition) is 2. The second kappa shape index (κ2) is 7.31. The van der Waals surface area contributed by atoms with E-state index in [9.17, 15) is 0 Å². The molecule has 0 aromatic heterocycles. The van der Waals surface area contributed by atoms with Crippen LogP contribution in [0, 0.1) is 5.92 Å². The molecule has 2 fully saturated rings. The first kappa shape index (κ1) is 13.3. The van der Waals surface area contributed by atoms with Crippen LogP contribution in [0.15, 0.2) is 0 Å². The van der Waals surface area contributed by atoms with E-state index in [-0.39, 0.29) is 0 Å². The monoisotopic (exact) mass is 241 g/mol. The van der Waals surface area contributed by atoms with Crippen LogP contribution in [0.25, 0.3) is 0 Å². The fourth-order valence-corrected chi connectivity index (χ4v) is 2.87. The molecule has 0 saturated carbocycles. The van der Waals surface area contributed by atoms with Crippen molar-refractivity contribution in [3.8, 4) is 0 Å². The molecule has 0 bridgehead atoms. The first-order valence-corrected chi connectivity index (χ1v) is 7.12. The van der Waals surface area contributed by atoms with Gasteiger partial charge in [0.05, 0.1) is 0 Å². The summed E-state index contributed by atoms with van der Waals surface area (Å²) in [5.41, 5.74) is 6.28. The topological polar surface area (TPSA) is 50.5 Å². The lowest BCUT2D eigenvalue weighted by Crippen LogP contribution is -2.44. The van der Waals surface area contributed by atoms with E-state index in [0.29, 0.717) is 12.0 Å². The minimum absolute atomic E-state index is 0.391. The van der Waals surface area contributed by atoms with Crippen LogP contribution in [0.5, 0.6) is 0 Å². The van der Waals surface area contributed by atoms with Crippen LogP contribution in [0.3, 0.4) is 0 Å². The third-order valence-electron chi connectivity index (χ3n) is 4.09. The standard InChI is InChI=1S/C13H27N3O/c14-13(12-3-10-17-11-4-12)2-1-7-16-8-5-15-6-9-16/h12-13,15H,1-11,14H2. The maximum Gasteiger partial charge on any atom is 0.0469 e. The number of ether oxygens (including phenoxy) is 1. The number of nitrogens with one attached hydrogen (secondary N) is 1. The molecule has 17 heavy (non-hydrogen) atoms. The fourth-order valence-electron chi connectivity index (χ4n) is 2.87. The van der Waals surface area contributed by atoms with Crippen molar-refractivity contribution < 1.29 is 4.74 Å². The predicted molar refractivity (Wildman–Crippen MR) is 70.1 cm³/mol. The second-order valence-electron chi connectivity index (χ2n) is 5.35. The summed E-state index contributed by atoms with van der Waals surface area (Å²) in [7, 11) is 0. The molecule has 4 heteroatoms. The highest BCUT2D eigenvalue weighted by Gasteiger charge is 2.20. The molecule has 3 N–H and O–H groups in total. The second-order valence-corrected chi connectivity index (χ2v) is 5.35. The largest absolute Gasteiger partial charge is 0.381 e. The normalized spacial score (nSPS) is 25.9. The van der Waals surface area contributed by atoms with Crippen molar-refractivity contribution in [2.45, 2.75) is 31.7 Å². The zero-order valence-electron chi connectivity index (χ0n) is 10.9.